The Kier molecular flexibility index (Phi) is 5.73. The summed E-state index contributed by atoms with van der Waals surface area (Å²) in [6.07, 6.45) is 3.99. The van der Waals surface area contributed by atoms with E-state index in [-0.39, 0.29) is 5.92 Å². The lowest BCUT2D eigenvalue weighted by Gasteiger charge is -2.27. The molecule has 1 aromatic heterocycles. The molecule has 0 spiro atoms. The van der Waals surface area contributed by atoms with E-state index in [1.165, 1.54) is 5.56 Å². The molecule has 4 nitrogen and oxygen atoms in total. The highest BCUT2D eigenvalue weighted by molar-refractivity contribution is 7.09. The van der Waals surface area contributed by atoms with Gasteiger partial charge in [-0.1, -0.05) is 30.3 Å². The molecule has 1 fully saturated rings. The van der Waals surface area contributed by atoms with Crippen LogP contribution in [0.3, 0.4) is 0 Å². The zero-order valence-electron chi connectivity index (χ0n) is 14.0. The molecule has 3 rings (SSSR count). The Hall–Kier alpha value is -2.03. The van der Waals surface area contributed by atoms with Crippen LogP contribution in [0.1, 0.15) is 35.0 Å². The summed E-state index contributed by atoms with van der Waals surface area (Å²) in [5.74, 6) is -0.307. The number of benzene rings is 1. The number of nitrogens with one attached hydrogen (secondary N) is 1. The van der Waals surface area contributed by atoms with Crippen molar-refractivity contribution in [3.8, 4) is 6.07 Å². The van der Waals surface area contributed by atoms with Gasteiger partial charge in [-0.05, 0) is 6.92 Å². The van der Waals surface area contributed by atoms with Crippen LogP contribution in [-0.2, 0) is 6.54 Å². The molecule has 1 atom stereocenters. The third-order valence-electron chi connectivity index (χ3n) is 4.45. The highest BCUT2D eigenvalue weighted by Gasteiger charge is 2.22. The van der Waals surface area contributed by atoms with Crippen molar-refractivity contribution >= 4 is 17.6 Å². The fourth-order valence-corrected chi connectivity index (χ4v) is 3.90. The highest BCUT2D eigenvalue weighted by atomic mass is 32.1. The molecule has 2 aromatic rings. The van der Waals surface area contributed by atoms with Gasteiger partial charge in [0.2, 0.25) is 0 Å². The average Bonchev–Trinajstić information content (AvgIpc) is 3.04. The van der Waals surface area contributed by atoms with Crippen molar-refractivity contribution in [2.24, 2.45) is 4.99 Å². The van der Waals surface area contributed by atoms with E-state index in [0.29, 0.717) is 6.04 Å². The molecule has 0 unspecified atom stereocenters. The minimum atomic E-state index is -0.307. The zero-order valence-corrected chi connectivity index (χ0v) is 14.8. The highest BCUT2D eigenvalue weighted by Crippen LogP contribution is 2.18. The van der Waals surface area contributed by atoms with E-state index in [2.05, 4.69) is 46.4 Å². The molecule has 0 radical (unpaired) electrons. The number of likely N-dealkylation sites (tertiary alicyclic amines) is 1. The topological polar surface area (TPSA) is 53.5 Å². The quantitative estimate of drug-likeness (QED) is 0.851. The first-order valence-corrected chi connectivity index (χ1v) is 9.35. The van der Waals surface area contributed by atoms with Crippen LogP contribution in [0, 0.1) is 18.3 Å². The number of rotatable bonds is 5. The van der Waals surface area contributed by atoms with Gasteiger partial charge in [-0.2, -0.15) is 5.26 Å². The Morgan fingerprint density at radius 2 is 2.12 bits per heavy atom. The second kappa shape index (κ2) is 8.18. The van der Waals surface area contributed by atoms with Crippen LogP contribution in [0.5, 0.6) is 0 Å². The SMILES string of the molecule is Cc1csc([C@H](C#N)C=NC2CC[NH+](Cc3ccccc3)CC2)n1. The van der Waals surface area contributed by atoms with Crippen LogP contribution in [0.4, 0.5) is 0 Å². The van der Waals surface area contributed by atoms with E-state index in [1.807, 2.05) is 18.5 Å². The molecule has 1 aromatic carbocycles. The van der Waals surface area contributed by atoms with E-state index >= 15 is 0 Å². The normalized spacial score (nSPS) is 22.3. The third kappa shape index (κ3) is 4.50. The summed E-state index contributed by atoms with van der Waals surface area (Å²) in [7, 11) is 0. The smallest absolute Gasteiger partial charge is 0.133 e. The number of aryl methyl sites for hydroxylation is 1. The van der Waals surface area contributed by atoms with Gasteiger partial charge in [0.1, 0.15) is 17.5 Å². The standard InChI is InChI=1S/C19H22N4S/c1-15-14-24-19(22-15)17(11-20)12-21-18-7-9-23(10-8-18)13-16-5-3-2-4-6-16/h2-6,12,14,17-18H,7-10,13H2,1H3/p+1/t17-/m1/s1. The maximum Gasteiger partial charge on any atom is 0.133 e. The van der Waals surface area contributed by atoms with Crippen molar-refractivity contribution in [1.29, 1.82) is 5.26 Å². The van der Waals surface area contributed by atoms with E-state index in [0.717, 1.165) is 43.2 Å². The van der Waals surface area contributed by atoms with Crippen LogP contribution in [0.25, 0.3) is 0 Å². The van der Waals surface area contributed by atoms with Crippen LogP contribution >= 0.6 is 11.3 Å². The van der Waals surface area contributed by atoms with Crippen LogP contribution in [0.2, 0.25) is 0 Å². The monoisotopic (exact) mass is 339 g/mol. The van der Waals surface area contributed by atoms with Crippen molar-refractivity contribution in [1.82, 2.24) is 4.98 Å². The summed E-state index contributed by atoms with van der Waals surface area (Å²) >= 11 is 1.54. The van der Waals surface area contributed by atoms with Crippen molar-refractivity contribution in [2.45, 2.75) is 38.3 Å². The first kappa shape index (κ1) is 16.8. The molecule has 0 aliphatic carbocycles. The molecular formula is C19H23N4S+. The molecule has 24 heavy (non-hydrogen) atoms. The minimum Gasteiger partial charge on any atom is -0.331 e. The van der Waals surface area contributed by atoms with Gasteiger partial charge in [0.25, 0.3) is 0 Å². The number of hydrogen-bond acceptors (Lipinski definition) is 4. The molecule has 1 aliphatic heterocycles. The number of aromatic nitrogens is 1. The van der Waals surface area contributed by atoms with Crippen molar-refractivity contribution in [3.05, 3.63) is 52.0 Å². The van der Waals surface area contributed by atoms with Gasteiger partial charge >= 0.3 is 0 Å². The third-order valence-corrected chi connectivity index (χ3v) is 5.49. The molecule has 1 aliphatic rings. The molecule has 2 heterocycles. The van der Waals surface area contributed by atoms with Crippen molar-refractivity contribution < 1.29 is 4.90 Å². The number of nitriles is 1. The van der Waals surface area contributed by atoms with Gasteiger partial charge < -0.3 is 4.90 Å². The second-order valence-electron chi connectivity index (χ2n) is 6.38. The summed E-state index contributed by atoms with van der Waals surface area (Å²) in [5, 5.41) is 12.2. The van der Waals surface area contributed by atoms with E-state index in [1.54, 1.807) is 16.2 Å². The Morgan fingerprint density at radius 1 is 1.38 bits per heavy atom. The Morgan fingerprint density at radius 3 is 2.75 bits per heavy atom. The second-order valence-corrected chi connectivity index (χ2v) is 7.27. The van der Waals surface area contributed by atoms with Crippen molar-refractivity contribution in [2.75, 3.05) is 13.1 Å². The largest absolute Gasteiger partial charge is 0.331 e. The van der Waals surface area contributed by atoms with Gasteiger partial charge in [0.15, 0.2) is 0 Å². The predicted molar refractivity (Wildman–Crippen MR) is 97.6 cm³/mol. The van der Waals surface area contributed by atoms with E-state index in [4.69, 9.17) is 0 Å². The fourth-order valence-electron chi connectivity index (χ4n) is 3.10. The number of hydrogen-bond donors (Lipinski definition) is 1. The van der Waals surface area contributed by atoms with Gasteiger partial charge in [-0.3, -0.25) is 4.99 Å². The Labute approximate surface area is 147 Å². The number of piperidine rings is 1. The summed E-state index contributed by atoms with van der Waals surface area (Å²) in [6, 6.07) is 13.3. The first-order valence-electron chi connectivity index (χ1n) is 8.47. The molecule has 0 amide bonds. The van der Waals surface area contributed by atoms with Gasteiger partial charge in [-0.25, -0.2) is 4.98 Å². The summed E-state index contributed by atoms with van der Waals surface area (Å²) in [4.78, 5) is 10.7. The molecule has 1 N–H and O–H groups in total. The van der Waals surface area contributed by atoms with E-state index < -0.39 is 0 Å². The van der Waals surface area contributed by atoms with Gasteiger partial charge in [-0.15, -0.1) is 11.3 Å². The lowest BCUT2D eigenvalue weighted by Crippen LogP contribution is -3.12. The maximum absolute atomic E-state index is 9.35. The molecule has 0 saturated carbocycles. The van der Waals surface area contributed by atoms with Crippen LogP contribution < -0.4 is 4.90 Å². The summed E-state index contributed by atoms with van der Waals surface area (Å²) in [6.45, 7) is 5.34. The summed E-state index contributed by atoms with van der Waals surface area (Å²) in [5.41, 5.74) is 2.37. The van der Waals surface area contributed by atoms with Crippen LogP contribution in [0.15, 0.2) is 40.7 Å². The first-order chi connectivity index (χ1) is 11.7. The number of thiazole rings is 1. The molecule has 1 saturated heterocycles. The lowest BCUT2D eigenvalue weighted by atomic mass is 10.0. The Balaban J connectivity index is 1.50. The summed E-state index contributed by atoms with van der Waals surface area (Å²) < 4.78 is 0. The number of aliphatic imine (C=N–C) groups is 1. The Bertz CT molecular complexity index is 708. The molecular weight excluding hydrogens is 316 g/mol. The van der Waals surface area contributed by atoms with Gasteiger partial charge in [0, 0.05) is 35.7 Å². The fraction of sp³-hybridized carbons (Fsp3) is 0.421. The average molecular weight is 339 g/mol. The van der Waals surface area contributed by atoms with Crippen LogP contribution in [-0.4, -0.2) is 30.3 Å². The zero-order chi connectivity index (χ0) is 16.8. The van der Waals surface area contributed by atoms with E-state index in [9.17, 15) is 5.26 Å². The minimum absolute atomic E-state index is 0.307. The number of nitrogens with zero attached hydrogens (tertiary/aromatic N) is 3. The molecule has 124 valence electrons. The molecule has 5 heteroatoms. The van der Waals surface area contributed by atoms with Gasteiger partial charge in [0.05, 0.1) is 25.2 Å². The maximum atomic E-state index is 9.35. The van der Waals surface area contributed by atoms with Crippen molar-refractivity contribution in [3.63, 3.8) is 0 Å². The lowest BCUT2D eigenvalue weighted by molar-refractivity contribution is -0.918. The molecule has 0 bridgehead atoms. The number of quaternary nitrogens is 1. The predicted octanol–water partition coefficient (Wildman–Crippen LogP) is 2.38.